The van der Waals surface area contributed by atoms with E-state index < -0.39 is 0 Å². The van der Waals surface area contributed by atoms with Gasteiger partial charge in [0.1, 0.15) is 5.76 Å². The number of nitrogens with zero attached hydrogens (tertiary/aromatic N) is 5. The summed E-state index contributed by atoms with van der Waals surface area (Å²) in [7, 11) is 5.66. The number of hydrogen-bond acceptors (Lipinski definition) is 6. The van der Waals surface area contributed by atoms with Crippen molar-refractivity contribution in [3.8, 4) is 0 Å². The first-order chi connectivity index (χ1) is 20.1. The number of urea groups is 1. The van der Waals surface area contributed by atoms with Gasteiger partial charge < -0.3 is 19.4 Å². The number of carbonyl (C=O) groups is 3. The van der Waals surface area contributed by atoms with Crippen LogP contribution in [0.3, 0.4) is 0 Å². The molecule has 234 valence electrons. The quantitative estimate of drug-likeness (QED) is 0.270. The largest absolute Gasteiger partial charge is 0.493 e. The van der Waals surface area contributed by atoms with Crippen molar-refractivity contribution in [2.24, 2.45) is 11.8 Å². The van der Waals surface area contributed by atoms with E-state index in [2.05, 4.69) is 50.1 Å². The van der Waals surface area contributed by atoms with E-state index in [4.69, 9.17) is 4.74 Å². The molecule has 3 fully saturated rings. The molecule has 0 radical (unpaired) electrons. The number of likely N-dealkylation sites (tertiary alicyclic amines) is 1. The Bertz CT molecular complexity index is 1050. The van der Waals surface area contributed by atoms with E-state index in [0.717, 1.165) is 62.2 Å². The molecule has 0 aromatic rings. The fourth-order valence-corrected chi connectivity index (χ4v) is 6.36. The molecule has 0 aromatic carbocycles. The van der Waals surface area contributed by atoms with Crippen molar-refractivity contribution in [2.45, 2.75) is 58.4 Å². The zero-order valence-electron chi connectivity index (χ0n) is 26.6. The van der Waals surface area contributed by atoms with Crippen LogP contribution in [0.5, 0.6) is 0 Å². The second-order valence-corrected chi connectivity index (χ2v) is 12.1. The minimum atomic E-state index is -0.250. The highest BCUT2D eigenvalue weighted by Gasteiger charge is 2.42. The van der Waals surface area contributed by atoms with Crippen LogP contribution in [-0.2, 0) is 14.3 Å². The van der Waals surface area contributed by atoms with E-state index in [1.807, 2.05) is 24.0 Å². The summed E-state index contributed by atoms with van der Waals surface area (Å²) >= 11 is 0. The maximum Gasteiger partial charge on any atom is 0.326 e. The van der Waals surface area contributed by atoms with Crippen molar-refractivity contribution >= 4 is 17.8 Å². The Morgan fingerprint density at radius 2 is 1.88 bits per heavy atom. The molecule has 0 aliphatic carbocycles. The van der Waals surface area contributed by atoms with Gasteiger partial charge in [-0.15, -0.1) is 6.58 Å². The van der Waals surface area contributed by atoms with Crippen molar-refractivity contribution in [1.29, 1.82) is 0 Å². The van der Waals surface area contributed by atoms with Gasteiger partial charge in [-0.1, -0.05) is 32.1 Å². The number of imide groups is 1. The monoisotopic (exact) mass is 583 g/mol. The molecule has 3 atom stereocenters. The first-order valence-corrected chi connectivity index (χ1v) is 15.6. The van der Waals surface area contributed by atoms with Crippen LogP contribution in [0.25, 0.3) is 0 Å². The number of carbonyl (C=O) groups excluding carboxylic acids is 3. The Morgan fingerprint density at radius 3 is 2.55 bits per heavy atom. The Kier molecular flexibility index (Phi) is 12.9. The number of unbranched alkanes of at least 4 members (excludes halogenated alkanes) is 1. The minimum absolute atomic E-state index is 0.0261. The molecule has 9 nitrogen and oxygen atoms in total. The van der Waals surface area contributed by atoms with Crippen LogP contribution in [0.1, 0.15) is 52.4 Å². The summed E-state index contributed by atoms with van der Waals surface area (Å²) in [6.45, 7) is 17.9. The third kappa shape index (κ3) is 8.57. The van der Waals surface area contributed by atoms with Crippen LogP contribution in [0.15, 0.2) is 48.3 Å². The fraction of sp³-hybridized carbons (Fsp3) is 0.667. The predicted molar refractivity (Wildman–Crippen MR) is 168 cm³/mol. The summed E-state index contributed by atoms with van der Waals surface area (Å²) in [5.74, 6) is 1.11. The van der Waals surface area contributed by atoms with Crippen LogP contribution >= 0.6 is 0 Å². The lowest BCUT2D eigenvalue weighted by atomic mass is 9.83. The van der Waals surface area contributed by atoms with E-state index in [0.29, 0.717) is 45.6 Å². The molecular weight excluding hydrogens is 530 g/mol. The highest BCUT2D eigenvalue weighted by molar-refractivity contribution is 5.96. The third-order valence-corrected chi connectivity index (χ3v) is 8.85. The number of amides is 4. The van der Waals surface area contributed by atoms with Gasteiger partial charge in [-0.25, -0.2) is 4.79 Å². The highest BCUT2D eigenvalue weighted by Crippen LogP contribution is 2.39. The SMILES string of the molecule is C=C[C@@H]1[C@@H](C(=C)/C=C2/CCO/C2=C/C)CN(CC(=O)N(CCCC)CCCN(C)C)[C@H]1CCN1CCC(=O)N(C)C1=O. The van der Waals surface area contributed by atoms with E-state index in [9.17, 15) is 14.4 Å². The molecule has 4 amide bonds. The number of ether oxygens (including phenoxy) is 1. The Balaban J connectivity index is 1.81. The van der Waals surface area contributed by atoms with E-state index in [1.54, 1.807) is 11.9 Å². The average molecular weight is 584 g/mol. The van der Waals surface area contributed by atoms with Gasteiger partial charge in [0.15, 0.2) is 0 Å². The van der Waals surface area contributed by atoms with Crippen molar-refractivity contribution in [3.63, 3.8) is 0 Å². The number of hydrogen-bond donors (Lipinski definition) is 0. The van der Waals surface area contributed by atoms with Gasteiger partial charge in [0.05, 0.1) is 13.2 Å². The molecular formula is C33H53N5O4. The van der Waals surface area contributed by atoms with Crippen LogP contribution in [0, 0.1) is 11.8 Å². The molecule has 0 unspecified atom stereocenters. The van der Waals surface area contributed by atoms with Crippen LogP contribution in [-0.4, -0.2) is 122 Å². The summed E-state index contributed by atoms with van der Waals surface area (Å²) in [5.41, 5.74) is 2.18. The summed E-state index contributed by atoms with van der Waals surface area (Å²) in [6, 6.07) is -0.224. The van der Waals surface area contributed by atoms with E-state index in [-0.39, 0.29) is 35.7 Å². The van der Waals surface area contributed by atoms with E-state index >= 15 is 0 Å². The van der Waals surface area contributed by atoms with Gasteiger partial charge in [-0.05, 0) is 64.0 Å². The second-order valence-electron chi connectivity index (χ2n) is 12.1. The standard InChI is InChI=1S/C33H53N5O4/c1-8-11-17-36(18-12-16-34(5)6)32(40)24-38-23-28(25(4)22-26-15-21-42-30(26)10-3)27(9-2)29(38)13-19-37-20-14-31(39)35(7)33(37)41/h9-10,22,27-29H,2,4,8,11-21,23-24H2,1,3,5-7H3/b26-22-,30-10+/t27-,28-,29+/m1/s1. The van der Waals surface area contributed by atoms with Crippen LogP contribution in [0.2, 0.25) is 0 Å². The lowest BCUT2D eigenvalue weighted by Crippen LogP contribution is -2.51. The van der Waals surface area contributed by atoms with Gasteiger partial charge in [0, 0.05) is 70.5 Å². The average Bonchev–Trinajstić information content (AvgIpc) is 3.56. The second kappa shape index (κ2) is 16.1. The first-order valence-electron chi connectivity index (χ1n) is 15.6. The van der Waals surface area contributed by atoms with Crippen molar-refractivity contribution in [3.05, 3.63) is 48.3 Å². The summed E-state index contributed by atoms with van der Waals surface area (Å²) in [4.78, 5) is 48.0. The molecule has 0 bridgehead atoms. The van der Waals surface area contributed by atoms with Gasteiger partial charge >= 0.3 is 6.03 Å². The van der Waals surface area contributed by atoms with Gasteiger partial charge in [-0.3, -0.25) is 19.4 Å². The van der Waals surface area contributed by atoms with Crippen molar-refractivity contribution in [1.82, 2.24) is 24.5 Å². The Hall–Kier alpha value is -2.91. The van der Waals surface area contributed by atoms with Crippen molar-refractivity contribution < 1.29 is 19.1 Å². The predicted octanol–water partition coefficient (Wildman–Crippen LogP) is 4.15. The van der Waals surface area contributed by atoms with Crippen LogP contribution < -0.4 is 0 Å². The zero-order chi connectivity index (χ0) is 30.8. The molecule has 9 heteroatoms. The smallest absolute Gasteiger partial charge is 0.326 e. The van der Waals surface area contributed by atoms with Gasteiger partial charge in [0.2, 0.25) is 11.8 Å². The maximum absolute atomic E-state index is 13.8. The molecule has 42 heavy (non-hydrogen) atoms. The topological polar surface area (TPSA) is 76.6 Å². The van der Waals surface area contributed by atoms with Gasteiger partial charge in [0.25, 0.3) is 0 Å². The molecule has 3 saturated heterocycles. The lowest BCUT2D eigenvalue weighted by molar-refractivity contribution is -0.133. The van der Waals surface area contributed by atoms with E-state index in [1.165, 1.54) is 4.90 Å². The van der Waals surface area contributed by atoms with Crippen LogP contribution in [0.4, 0.5) is 4.79 Å². The molecule has 0 aromatic heterocycles. The number of allylic oxidation sites excluding steroid dienone is 3. The Labute approximate surface area is 253 Å². The summed E-state index contributed by atoms with van der Waals surface area (Å²) < 4.78 is 5.77. The molecule has 3 aliphatic heterocycles. The number of rotatable bonds is 15. The van der Waals surface area contributed by atoms with Crippen molar-refractivity contribution in [2.75, 3.05) is 73.6 Å². The maximum atomic E-state index is 13.8. The fourth-order valence-electron chi connectivity index (χ4n) is 6.36. The zero-order valence-corrected chi connectivity index (χ0v) is 26.6. The van der Waals surface area contributed by atoms with Gasteiger partial charge in [-0.2, -0.15) is 0 Å². The Morgan fingerprint density at radius 1 is 1.14 bits per heavy atom. The molecule has 3 rings (SSSR count). The lowest BCUT2D eigenvalue weighted by Gasteiger charge is -2.35. The molecule has 0 N–H and O–H groups in total. The molecule has 3 heterocycles. The summed E-state index contributed by atoms with van der Waals surface area (Å²) in [6.07, 6.45) is 11.0. The molecule has 0 spiro atoms. The minimum Gasteiger partial charge on any atom is -0.493 e. The normalized spacial score (nSPS) is 25.1. The highest BCUT2D eigenvalue weighted by atomic mass is 16.5. The third-order valence-electron chi connectivity index (χ3n) is 8.85. The molecule has 3 aliphatic rings. The first kappa shape index (κ1) is 33.6. The summed E-state index contributed by atoms with van der Waals surface area (Å²) in [5, 5.41) is 0. The molecule has 0 saturated carbocycles.